The molecule has 0 aromatic carbocycles. The van der Waals surface area contributed by atoms with Crippen molar-refractivity contribution in [3.05, 3.63) is 11.6 Å². The van der Waals surface area contributed by atoms with Crippen molar-refractivity contribution in [3.63, 3.8) is 0 Å². The number of aromatic nitrogens is 3. The van der Waals surface area contributed by atoms with Crippen molar-refractivity contribution in [1.82, 2.24) is 14.8 Å². The third-order valence-corrected chi connectivity index (χ3v) is 5.92. The van der Waals surface area contributed by atoms with E-state index in [9.17, 15) is 0 Å². The normalized spacial score (nSPS) is 39.5. The number of aryl methyl sites for hydroxylation is 1. The Morgan fingerprint density at radius 1 is 1.00 bits per heavy atom. The van der Waals surface area contributed by atoms with E-state index in [1.54, 1.807) is 0 Å². The van der Waals surface area contributed by atoms with E-state index in [0.29, 0.717) is 6.04 Å². The second kappa shape index (κ2) is 4.06. The van der Waals surface area contributed by atoms with Gasteiger partial charge in [-0.25, -0.2) is 0 Å². The molecule has 0 unspecified atom stereocenters. The molecule has 4 aliphatic rings. The molecule has 4 saturated carbocycles. The minimum absolute atomic E-state index is 0.407. The molecule has 4 aliphatic carbocycles. The van der Waals surface area contributed by atoms with Gasteiger partial charge in [0.2, 0.25) is 0 Å². The summed E-state index contributed by atoms with van der Waals surface area (Å²) in [6, 6.07) is 0.607. The average Bonchev–Trinajstić information content (AvgIpc) is 2.70. The van der Waals surface area contributed by atoms with Crippen LogP contribution in [0.5, 0.6) is 0 Å². The Morgan fingerprint density at radius 2 is 1.55 bits per heavy atom. The number of nitrogens with two attached hydrogens (primary N) is 1. The van der Waals surface area contributed by atoms with Gasteiger partial charge < -0.3 is 10.3 Å². The lowest BCUT2D eigenvalue weighted by Crippen LogP contribution is -2.47. The van der Waals surface area contributed by atoms with Crippen LogP contribution in [0.2, 0.25) is 0 Å². The first kappa shape index (κ1) is 12.8. The third kappa shape index (κ3) is 1.77. The van der Waals surface area contributed by atoms with Gasteiger partial charge in [0.15, 0.2) is 5.82 Å². The predicted molar refractivity (Wildman–Crippen MR) is 78.1 cm³/mol. The van der Waals surface area contributed by atoms with Crippen molar-refractivity contribution in [3.8, 4) is 0 Å². The fraction of sp³-hybridized carbons (Fsp3) is 0.875. The average molecular weight is 274 g/mol. The van der Waals surface area contributed by atoms with Crippen LogP contribution in [0.4, 0.5) is 0 Å². The number of hydrogen-bond donors (Lipinski definition) is 1. The van der Waals surface area contributed by atoms with E-state index in [4.69, 9.17) is 5.73 Å². The summed E-state index contributed by atoms with van der Waals surface area (Å²) >= 11 is 0. The van der Waals surface area contributed by atoms with Gasteiger partial charge in [0.1, 0.15) is 5.82 Å². The Morgan fingerprint density at radius 3 is 2.05 bits per heavy atom. The van der Waals surface area contributed by atoms with Gasteiger partial charge in [0.25, 0.3) is 0 Å². The highest BCUT2D eigenvalue weighted by atomic mass is 15.3. The zero-order valence-electron chi connectivity index (χ0n) is 12.8. The zero-order chi connectivity index (χ0) is 14.1. The molecule has 1 aromatic heterocycles. The van der Waals surface area contributed by atoms with E-state index in [1.165, 1.54) is 32.1 Å². The molecule has 1 aromatic rings. The molecular formula is C16H26N4. The van der Waals surface area contributed by atoms with Gasteiger partial charge in [-0.1, -0.05) is 0 Å². The molecule has 4 nitrogen and oxygen atoms in total. The third-order valence-electron chi connectivity index (χ3n) is 5.92. The number of rotatable bonds is 2. The standard InChI is InChI=1S/C16H26N4/c1-9-18-19-15(16(2,3)17)20(9)14-12-5-10-4-11(7-12)8-13(14)6-10/h10-14H,4-8,17H2,1-3H3. The highest BCUT2D eigenvalue weighted by Gasteiger charge is 2.50. The lowest BCUT2D eigenvalue weighted by atomic mass is 9.54. The zero-order valence-corrected chi connectivity index (χ0v) is 12.8. The molecule has 5 rings (SSSR count). The monoisotopic (exact) mass is 274 g/mol. The summed E-state index contributed by atoms with van der Waals surface area (Å²) in [5, 5.41) is 8.76. The lowest BCUT2D eigenvalue weighted by Gasteiger charge is -2.55. The SMILES string of the molecule is Cc1nnc(C(C)(C)N)n1C1C2CC3CC(C2)CC1C3. The molecule has 0 spiro atoms. The van der Waals surface area contributed by atoms with E-state index in [1.807, 2.05) is 13.8 Å². The van der Waals surface area contributed by atoms with Crippen LogP contribution < -0.4 is 5.73 Å². The van der Waals surface area contributed by atoms with Crippen molar-refractivity contribution >= 4 is 0 Å². The van der Waals surface area contributed by atoms with Gasteiger partial charge in [-0.2, -0.15) is 0 Å². The van der Waals surface area contributed by atoms with Crippen molar-refractivity contribution in [2.45, 2.75) is 64.5 Å². The van der Waals surface area contributed by atoms with Crippen LogP contribution in [0.1, 0.15) is 63.6 Å². The Bertz CT molecular complexity index is 497. The summed E-state index contributed by atoms with van der Waals surface area (Å²) in [6.45, 7) is 6.18. The van der Waals surface area contributed by atoms with Crippen molar-refractivity contribution in [2.75, 3.05) is 0 Å². The van der Waals surface area contributed by atoms with Crippen molar-refractivity contribution in [1.29, 1.82) is 0 Å². The molecule has 20 heavy (non-hydrogen) atoms. The van der Waals surface area contributed by atoms with Crippen LogP contribution in [0.3, 0.4) is 0 Å². The Hall–Kier alpha value is -0.900. The van der Waals surface area contributed by atoms with E-state index in [2.05, 4.69) is 21.7 Å². The van der Waals surface area contributed by atoms with Gasteiger partial charge in [-0.15, -0.1) is 10.2 Å². The molecule has 0 aliphatic heterocycles. The first-order valence-corrected chi connectivity index (χ1v) is 8.14. The van der Waals surface area contributed by atoms with E-state index in [-0.39, 0.29) is 0 Å². The largest absolute Gasteiger partial charge is 0.319 e. The van der Waals surface area contributed by atoms with Gasteiger partial charge >= 0.3 is 0 Å². The van der Waals surface area contributed by atoms with Crippen LogP contribution in [0.25, 0.3) is 0 Å². The molecule has 0 amide bonds. The maximum absolute atomic E-state index is 6.34. The molecule has 1 heterocycles. The fourth-order valence-corrected chi connectivity index (χ4v) is 5.48. The molecule has 0 saturated heterocycles. The van der Waals surface area contributed by atoms with Gasteiger partial charge in [0, 0.05) is 6.04 Å². The first-order valence-electron chi connectivity index (χ1n) is 8.14. The lowest BCUT2D eigenvalue weighted by molar-refractivity contribution is -0.0317. The molecule has 0 radical (unpaired) electrons. The fourth-order valence-electron chi connectivity index (χ4n) is 5.48. The highest BCUT2D eigenvalue weighted by Crippen LogP contribution is 2.58. The van der Waals surface area contributed by atoms with Crippen LogP contribution in [-0.4, -0.2) is 14.8 Å². The topological polar surface area (TPSA) is 56.7 Å². The number of nitrogens with zero attached hydrogens (tertiary/aromatic N) is 3. The minimum Gasteiger partial charge on any atom is -0.319 e. The molecular weight excluding hydrogens is 248 g/mol. The van der Waals surface area contributed by atoms with Crippen LogP contribution >= 0.6 is 0 Å². The summed E-state index contributed by atoms with van der Waals surface area (Å²) in [4.78, 5) is 0. The highest BCUT2D eigenvalue weighted by molar-refractivity contribution is 5.11. The predicted octanol–water partition coefficient (Wildman–Crippen LogP) is 2.78. The summed E-state index contributed by atoms with van der Waals surface area (Å²) in [7, 11) is 0. The van der Waals surface area contributed by atoms with Crippen LogP contribution in [0.15, 0.2) is 0 Å². The molecule has 4 fully saturated rings. The first-order chi connectivity index (χ1) is 9.43. The van der Waals surface area contributed by atoms with Crippen molar-refractivity contribution < 1.29 is 0 Å². The van der Waals surface area contributed by atoms with E-state index in [0.717, 1.165) is 35.3 Å². The maximum atomic E-state index is 6.34. The van der Waals surface area contributed by atoms with Crippen LogP contribution in [0, 0.1) is 30.6 Å². The smallest absolute Gasteiger partial charge is 0.152 e. The van der Waals surface area contributed by atoms with E-state index >= 15 is 0 Å². The van der Waals surface area contributed by atoms with Gasteiger partial charge in [0.05, 0.1) is 5.54 Å². The summed E-state index contributed by atoms with van der Waals surface area (Å²) < 4.78 is 2.41. The van der Waals surface area contributed by atoms with E-state index < -0.39 is 5.54 Å². The molecule has 4 heteroatoms. The summed E-state index contributed by atoms with van der Waals surface area (Å²) in [5.74, 6) is 5.70. The quantitative estimate of drug-likeness (QED) is 0.902. The van der Waals surface area contributed by atoms with Crippen LogP contribution in [-0.2, 0) is 5.54 Å². The number of hydrogen-bond acceptors (Lipinski definition) is 3. The summed E-state index contributed by atoms with van der Waals surface area (Å²) in [5.41, 5.74) is 5.93. The molecule has 0 atom stereocenters. The molecule has 110 valence electrons. The Labute approximate surface area is 121 Å². The molecule has 2 N–H and O–H groups in total. The summed E-state index contributed by atoms with van der Waals surface area (Å²) in [6.07, 6.45) is 7.16. The maximum Gasteiger partial charge on any atom is 0.152 e. The Balaban J connectivity index is 1.76. The second-order valence-corrected chi connectivity index (χ2v) is 8.08. The minimum atomic E-state index is -0.407. The Kier molecular flexibility index (Phi) is 2.60. The van der Waals surface area contributed by atoms with Gasteiger partial charge in [-0.05, 0) is 76.5 Å². The van der Waals surface area contributed by atoms with Crippen molar-refractivity contribution in [2.24, 2.45) is 29.4 Å². The second-order valence-electron chi connectivity index (χ2n) is 8.08. The molecule has 4 bridgehead atoms. The van der Waals surface area contributed by atoms with Gasteiger partial charge in [-0.3, -0.25) is 0 Å².